The fourth-order valence-electron chi connectivity index (χ4n) is 2.20. The topological polar surface area (TPSA) is 75.3 Å². The molecule has 132 valence electrons. The maximum absolute atomic E-state index is 12.4. The molecule has 2 aromatic carbocycles. The van der Waals surface area contributed by atoms with Gasteiger partial charge in [0.25, 0.3) is 10.0 Å². The van der Waals surface area contributed by atoms with Gasteiger partial charge in [-0.3, -0.25) is 9.52 Å². The van der Waals surface area contributed by atoms with Gasteiger partial charge in [0, 0.05) is 6.08 Å². The second kappa shape index (κ2) is 7.99. The van der Waals surface area contributed by atoms with Crippen LogP contribution in [0.5, 0.6) is 0 Å². The van der Waals surface area contributed by atoms with E-state index in [1.165, 1.54) is 12.1 Å². The summed E-state index contributed by atoms with van der Waals surface area (Å²) < 4.78 is 27.5. The van der Waals surface area contributed by atoms with Crippen molar-refractivity contribution in [3.63, 3.8) is 0 Å². The number of nitrogens with one attached hydrogen (secondary N) is 2. The fourth-order valence-corrected chi connectivity index (χ4v) is 4.28. The van der Waals surface area contributed by atoms with Crippen molar-refractivity contribution in [2.24, 2.45) is 0 Å². The highest BCUT2D eigenvalue weighted by atomic mass is 32.2. The van der Waals surface area contributed by atoms with Crippen molar-refractivity contribution in [3.8, 4) is 0 Å². The summed E-state index contributed by atoms with van der Waals surface area (Å²) in [5.74, 6) is -0.350. The van der Waals surface area contributed by atoms with E-state index in [-0.39, 0.29) is 10.1 Å². The molecule has 0 unspecified atom stereocenters. The van der Waals surface area contributed by atoms with E-state index in [4.69, 9.17) is 0 Å². The van der Waals surface area contributed by atoms with Crippen molar-refractivity contribution in [2.75, 3.05) is 10.0 Å². The maximum Gasteiger partial charge on any atom is 0.271 e. The van der Waals surface area contributed by atoms with Crippen LogP contribution < -0.4 is 10.0 Å². The predicted molar refractivity (Wildman–Crippen MR) is 106 cm³/mol. The molecule has 0 spiro atoms. The second-order valence-corrected chi connectivity index (χ2v) is 8.17. The second-order valence-electron chi connectivity index (χ2n) is 5.32. The molecule has 7 heteroatoms. The van der Waals surface area contributed by atoms with Crippen molar-refractivity contribution in [3.05, 3.63) is 83.7 Å². The summed E-state index contributed by atoms with van der Waals surface area (Å²) in [4.78, 5) is 12.2. The number of carbonyl (C=O) groups excluding carboxylic acids is 1. The normalized spacial score (nSPS) is 11.4. The van der Waals surface area contributed by atoms with Gasteiger partial charge in [0.15, 0.2) is 0 Å². The van der Waals surface area contributed by atoms with Crippen molar-refractivity contribution < 1.29 is 13.2 Å². The molecule has 0 saturated carbocycles. The summed E-state index contributed by atoms with van der Waals surface area (Å²) in [5.41, 5.74) is 1.59. The van der Waals surface area contributed by atoms with E-state index in [0.717, 1.165) is 16.9 Å². The molecule has 1 heterocycles. The summed E-state index contributed by atoms with van der Waals surface area (Å²) in [7, 11) is -3.68. The van der Waals surface area contributed by atoms with Gasteiger partial charge < -0.3 is 5.32 Å². The standard InChI is InChI=1S/C19H16N2O3S2/c22-18(13-12-15-7-2-1-3-8-15)20-16-9-4-5-10-17(16)21-26(23,24)19-11-6-14-25-19/h1-14,21H,(H,20,22)/b13-12+. The Hall–Kier alpha value is -2.90. The van der Waals surface area contributed by atoms with E-state index in [0.29, 0.717) is 11.4 Å². The SMILES string of the molecule is O=C(/C=C/c1ccccc1)Nc1ccccc1NS(=O)(=O)c1cccs1. The van der Waals surface area contributed by atoms with Gasteiger partial charge in [-0.25, -0.2) is 8.42 Å². The molecule has 0 radical (unpaired) electrons. The van der Waals surface area contributed by atoms with Gasteiger partial charge in [-0.05, 0) is 35.2 Å². The Morgan fingerprint density at radius 1 is 0.885 bits per heavy atom. The third kappa shape index (κ3) is 4.59. The fraction of sp³-hybridized carbons (Fsp3) is 0. The van der Waals surface area contributed by atoms with Crippen LogP contribution in [0.3, 0.4) is 0 Å². The Kier molecular flexibility index (Phi) is 5.50. The highest BCUT2D eigenvalue weighted by Crippen LogP contribution is 2.26. The van der Waals surface area contributed by atoms with Crippen molar-refractivity contribution in [1.82, 2.24) is 0 Å². The Morgan fingerprint density at radius 2 is 1.58 bits per heavy atom. The number of sulfonamides is 1. The van der Waals surface area contributed by atoms with E-state index in [2.05, 4.69) is 10.0 Å². The van der Waals surface area contributed by atoms with Gasteiger partial charge in [-0.2, -0.15) is 0 Å². The molecule has 1 amide bonds. The molecule has 0 aliphatic heterocycles. The Balaban J connectivity index is 1.75. The van der Waals surface area contributed by atoms with Gasteiger partial charge in [-0.1, -0.05) is 48.5 Å². The number of carbonyl (C=O) groups is 1. The van der Waals surface area contributed by atoms with Crippen LogP contribution in [0.4, 0.5) is 11.4 Å². The first-order valence-electron chi connectivity index (χ1n) is 7.74. The first kappa shape index (κ1) is 17.9. The number of hydrogen-bond acceptors (Lipinski definition) is 4. The zero-order valence-electron chi connectivity index (χ0n) is 13.6. The largest absolute Gasteiger partial charge is 0.321 e. The molecule has 0 aliphatic rings. The summed E-state index contributed by atoms with van der Waals surface area (Å²) in [6, 6.07) is 19.3. The van der Waals surface area contributed by atoms with Crippen LogP contribution in [-0.2, 0) is 14.8 Å². The quantitative estimate of drug-likeness (QED) is 0.626. The van der Waals surface area contributed by atoms with Gasteiger partial charge in [0.05, 0.1) is 11.4 Å². The number of para-hydroxylation sites is 2. The number of amides is 1. The van der Waals surface area contributed by atoms with E-state index >= 15 is 0 Å². The predicted octanol–water partition coefficient (Wildman–Crippen LogP) is 4.20. The van der Waals surface area contributed by atoms with Crippen LogP contribution in [0, 0.1) is 0 Å². The Labute approximate surface area is 156 Å². The van der Waals surface area contributed by atoms with Crippen LogP contribution in [0.1, 0.15) is 5.56 Å². The lowest BCUT2D eigenvalue weighted by Gasteiger charge is -2.12. The molecular weight excluding hydrogens is 368 g/mol. The average molecular weight is 384 g/mol. The number of anilines is 2. The van der Waals surface area contributed by atoms with E-state index < -0.39 is 10.0 Å². The van der Waals surface area contributed by atoms with Crippen LogP contribution in [0.2, 0.25) is 0 Å². The molecule has 0 fully saturated rings. The summed E-state index contributed by atoms with van der Waals surface area (Å²) in [6.45, 7) is 0. The third-order valence-corrected chi connectivity index (χ3v) is 6.18. The number of rotatable bonds is 6. The van der Waals surface area contributed by atoms with Crippen LogP contribution >= 0.6 is 11.3 Å². The molecule has 5 nitrogen and oxygen atoms in total. The molecule has 0 bridgehead atoms. The third-order valence-electron chi connectivity index (χ3n) is 3.42. The van der Waals surface area contributed by atoms with Crippen molar-refractivity contribution >= 4 is 44.7 Å². The zero-order chi connectivity index (χ0) is 18.4. The summed E-state index contributed by atoms with van der Waals surface area (Å²) in [5, 5.41) is 4.39. The average Bonchev–Trinajstić information content (AvgIpc) is 3.18. The number of thiophene rings is 1. The summed E-state index contributed by atoms with van der Waals surface area (Å²) >= 11 is 1.13. The van der Waals surface area contributed by atoms with Crippen LogP contribution in [-0.4, -0.2) is 14.3 Å². The first-order valence-corrected chi connectivity index (χ1v) is 10.1. The number of hydrogen-bond donors (Lipinski definition) is 2. The highest BCUT2D eigenvalue weighted by Gasteiger charge is 2.17. The monoisotopic (exact) mass is 384 g/mol. The molecule has 1 aromatic heterocycles. The molecular formula is C19H16N2O3S2. The summed E-state index contributed by atoms with van der Waals surface area (Å²) in [6.07, 6.45) is 3.09. The molecule has 0 saturated heterocycles. The molecule has 2 N–H and O–H groups in total. The molecule has 3 rings (SSSR count). The highest BCUT2D eigenvalue weighted by molar-refractivity contribution is 7.94. The minimum absolute atomic E-state index is 0.211. The first-order chi connectivity index (χ1) is 12.5. The van der Waals surface area contributed by atoms with Crippen LogP contribution in [0.25, 0.3) is 6.08 Å². The molecule has 3 aromatic rings. The minimum Gasteiger partial charge on any atom is -0.321 e. The molecule has 0 aliphatic carbocycles. The Morgan fingerprint density at radius 3 is 2.27 bits per heavy atom. The van der Waals surface area contributed by atoms with Gasteiger partial charge in [0.2, 0.25) is 5.91 Å². The van der Waals surface area contributed by atoms with E-state index in [1.54, 1.807) is 41.8 Å². The Bertz CT molecular complexity index is 1010. The van der Waals surface area contributed by atoms with Crippen molar-refractivity contribution in [2.45, 2.75) is 4.21 Å². The lowest BCUT2D eigenvalue weighted by Crippen LogP contribution is -2.15. The lowest BCUT2D eigenvalue weighted by molar-refractivity contribution is -0.111. The number of benzene rings is 2. The lowest BCUT2D eigenvalue weighted by atomic mass is 10.2. The van der Waals surface area contributed by atoms with E-state index in [9.17, 15) is 13.2 Å². The van der Waals surface area contributed by atoms with Gasteiger partial charge >= 0.3 is 0 Å². The van der Waals surface area contributed by atoms with Crippen molar-refractivity contribution in [1.29, 1.82) is 0 Å². The molecule has 26 heavy (non-hydrogen) atoms. The molecule has 0 atom stereocenters. The van der Waals surface area contributed by atoms with Gasteiger partial charge in [-0.15, -0.1) is 11.3 Å². The smallest absolute Gasteiger partial charge is 0.271 e. The maximum atomic E-state index is 12.4. The van der Waals surface area contributed by atoms with Gasteiger partial charge in [0.1, 0.15) is 4.21 Å². The van der Waals surface area contributed by atoms with E-state index in [1.807, 2.05) is 30.3 Å². The zero-order valence-corrected chi connectivity index (χ0v) is 15.3. The van der Waals surface area contributed by atoms with Crippen LogP contribution in [0.15, 0.2) is 82.4 Å². The minimum atomic E-state index is -3.68.